The van der Waals surface area contributed by atoms with E-state index in [9.17, 15) is 33.6 Å². The largest absolute Gasteiger partial charge is 0.467 e. The second-order valence-electron chi connectivity index (χ2n) is 9.87. The third-order valence-electron chi connectivity index (χ3n) is 6.65. The first-order chi connectivity index (χ1) is 21.3. The van der Waals surface area contributed by atoms with Crippen molar-refractivity contribution in [1.82, 2.24) is 13.9 Å². The maximum atomic E-state index is 13.8. The molecule has 4 rings (SSSR count). The highest BCUT2D eigenvalue weighted by atomic mass is 16.7. The average molecular weight is 634 g/mol. The van der Waals surface area contributed by atoms with E-state index >= 15 is 0 Å². The van der Waals surface area contributed by atoms with Crippen molar-refractivity contribution in [2.45, 2.75) is 70.7 Å². The third-order valence-corrected chi connectivity index (χ3v) is 6.65. The quantitative estimate of drug-likeness (QED) is 0.198. The molecule has 242 valence electrons. The second kappa shape index (κ2) is 13.7. The molecule has 45 heavy (non-hydrogen) atoms. The van der Waals surface area contributed by atoms with Crippen LogP contribution in [0.5, 0.6) is 0 Å². The number of ether oxygens (including phenoxy) is 7. The Kier molecular flexibility index (Phi) is 10.0. The summed E-state index contributed by atoms with van der Waals surface area (Å²) in [6, 6.07) is 6.53. The van der Waals surface area contributed by atoms with Gasteiger partial charge in [-0.25, -0.2) is 23.6 Å². The Balaban J connectivity index is 1.83. The first kappa shape index (κ1) is 32.9. The van der Waals surface area contributed by atoms with Crippen molar-refractivity contribution >= 4 is 29.8 Å². The van der Waals surface area contributed by atoms with Crippen LogP contribution in [0.25, 0.3) is 5.69 Å². The van der Waals surface area contributed by atoms with Crippen molar-refractivity contribution in [2.24, 2.45) is 0 Å². The summed E-state index contributed by atoms with van der Waals surface area (Å²) >= 11 is 0. The highest BCUT2D eigenvalue weighted by molar-refractivity contribution is 5.76. The van der Waals surface area contributed by atoms with Gasteiger partial charge in [0, 0.05) is 27.7 Å². The molecule has 1 aromatic carbocycles. The summed E-state index contributed by atoms with van der Waals surface area (Å²) in [5.41, 5.74) is -1.63. The van der Waals surface area contributed by atoms with Gasteiger partial charge in [-0.05, 0) is 24.3 Å². The molecule has 0 radical (unpaired) electrons. The van der Waals surface area contributed by atoms with Gasteiger partial charge < -0.3 is 33.2 Å². The number of aromatic nitrogens is 3. The fraction of sp³-hybridized carbons (Fsp3) is 0.464. The number of hydrogen-bond acceptors (Lipinski definition) is 14. The van der Waals surface area contributed by atoms with Gasteiger partial charge in [-0.15, -0.1) is 0 Å². The molecule has 1 aromatic heterocycles. The molecule has 0 spiro atoms. The minimum atomic E-state index is -1.69. The van der Waals surface area contributed by atoms with E-state index in [-0.39, 0.29) is 5.69 Å². The summed E-state index contributed by atoms with van der Waals surface area (Å²) < 4.78 is 40.6. The Morgan fingerprint density at radius 2 is 1.33 bits per heavy atom. The normalized spacial score (nSPS) is 25.4. The number of carbonyl (C=O) groups is 5. The van der Waals surface area contributed by atoms with Crippen LogP contribution in [-0.4, -0.2) is 88.2 Å². The fourth-order valence-corrected chi connectivity index (χ4v) is 4.95. The lowest BCUT2D eigenvalue weighted by molar-refractivity contribution is -0.321. The number of hydrogen-bond donors (Lipinski definition) is 0. The molecule has 1 unspecified atom stereocenters. The number of rotatable bonds is 9. The minimum absolute atomic E-state index is 0.191. The van der Waals surface area contributed by atoms with Gasteiger partial charge in [0.15, 0.2) is 30.6 Å². The van der Waals surface area contributed by atoms with Crippen LogP contribution < -0.4 is 11.4 Å². The maximum Gasteiger partial charge on any atom is 0.354 e. The van der Waals surface area contributed by atoms with Crippen molar-refractivity contribution < 1.29 is 57.1 Å². The molecule has 7 atom stereocenters. The van der Waals surface area contributed by atoms with Gasteiger partial charge in [-0.2, -0.15) is 4.68 Å². The van der Waals surface area contributed by atoms with Gasteiger partial charge in [-0.3, -0.25) is 19.2 Å². The molecule has 17 heteroatoms. The molecule has 0 bridgehead atoms. The van der Waals surface area contributed by atoms with E-state index in [4.69, 9.17) is 33.2 Å². The molecule has 0 aliphatic carbocycles. The summed E-state index contributed by atoms with van der Waals surface area (Å²) in [7, 11) is 1.11. The molecule has 0 saturated carbocycles. The maximum absolute atomic E-state index is 13.8. The van der Waals surface area contributed by atoms with Crippen molar-refractivity contribution in [3.8, 4) is 5.69 Å². The predicted molar refractivity (Wildman–Crippen MR) is 147 cm³/mol. The van der Waals surface area contributed by atoms with Crippen LogP contribution >= 0.6 is 0 Å². The molecular formula is C28H31N3O14. The number of methoxy groups -OCH3 is 1. The van der Waals surface area contributed by atoms with E-state index in [1.54, 1.807) is 18.2 Å². The number of fused-ring (bicyclic) bond motifs is 1. The van der Waals surface area contributed by atoms with Gasteiger partial charge in [0.1, 0.15) is 12.7 Å². The Hall–Kier alpha value is -5.03. The molecule has 17 nitrogen and oxygen atoms in total. The van der Waals surface area contributed by atoms with Gasteiger partial charge >= 0.3 is 41.2 Å². The van der Waals surface area contributed by atoms with E-state index in [1.807, 2.05) is 0 Å². The fourth-order valence-electron chi connectivity index (χ4n) is 4.95. The number of para-hydroxylation sites is 1. The van der Waals surface area contributed by atoms with E-state index in [0.29, 0.717) is 0 Å². The van der Waals surface area contributed by atoms with Crippen LogP contribution in [0.3, 0.4) is 0 Å². The van der Waals surface area contributed by atoms with Crippen LogP contribution in [0, 0.1) is 0 Å². The van der Waals surface area contributed by atoms with Crippen LogP contribution in [0.1, 0.15) is 40.0 Å². The zero-order chi connectivity index (χ0) is 33.0. The van der Waals surface area contributed by atoms with Crippen molar-refractivity contribution in [1.29, 1.82) is 0 Å². The van der Waals surface area contributed by atoms with Crippen LogP contribution in [-0.2, 0) is 57.1 Å². The van der Waals surface area contributed by atoms with Gasteiger partial charge in [-0.1, -0.05) is 18.2 Å². The van der Waals surface area contributed by atoms with Crippen molar-refractivity contribution in [2.75, 3.05) is 13.7 Å². The highest BCUT2D eigenvalue weighted by Gasteiger charge is 2.53. The van der Waals surface area contributed by atoms with Gasteiger partial charge in [0.25, 0.3) is 0 Å². The topological polar surface area (TPSA) is 199 Å². The number of esters is 5. The molecule has 1 saturated heterocycles. The van der Waals surface area contributed by atoms with Crippen LogP contribution in [0.2, 0.25) is 0 Å². The Bertz CT molecular complexity index is 1610. The lowest BCUT2D eigenvalue weighted by atomic mass is 9.98. The Morgan fingerprint density at radius 3 is 1.91 bits per heavy atom. The summed E-state index contributed by atoms with van der Waals surface area (Å²) in [4.78, 5) is 88.0. The highest BCUT2D eigenvalue weighted by Crippen LogP contribution is 2.33. The van der Waals surface area contributed by atoms with Crippen molar-refractivity contribution in [3.63, 3.8) is 0 Å². The zero-order valence-corrected chi connectivity index (χ0v) is 24.8. The summed E-state index contributed by atoms with van der Waals surface area (Å²) in [6.07, 6.45) is -6.57. The Labute approximate surface area is 254 Å². The summed E-state index contributed by atoms with van der Waals surface area (Å²) in [5, 5.41) is 0. The molecular weight excluding hydrogens is 602 g/mol. The van der Waals surface area contributed by atoms with E-state index in [0.717, 1.165) is 48.7 Å². The molecule has 2 aliphatic heterocycles. The second-order valence-corrected chi connectivity index (χ2v) is 9.87. The standard InChI is InChI=1S/C28H31N3O14/c1-14(32)40-13-20-22(41-15(2)33)23(42-16(3)34)24(43-17(4)35)26(44-20)45-21-12-11-19(25(36)39-5)30-27(37)29(28(38)31(21)30)18-9-7-6-8-10-18/h6-12,19-24,26H,13H2,1-5H3/t19-,20+,21?,22+,23-,24+,26-/m0/s1. The van der Waals surface area contributed by atoms with E-state index in [2.05, 4.69) is 0 Å². The smallest absolute Gasteiger partial charge is 0.354 e. The third kappa shape index (κ3) is 7.04. The van der Waals surface area contributed by atoms with Gasteiger partial charge in [0.2, 0.25) is 6.29 Å². The van der Waals surface area contributed by atoms with E-state index in [1.165, 1.54) is 24.3 Å². The Morgan fingerprint density at radius 1 is 0.756 bits per heavy atom. The lowest BCUT2D eigenvalue weighted by Crippen LogP contribution is -2.63. The lowest BCUT2D eigenvalue weighted by Gasteiger charge is -2.44. The number of benzene rings is 1. The molecule has 2 aromatic rings. The summed E-state index contributed by atoms with van der Waals surface area (Å²) in [5.74, 6) is -4.13. The molecule has 0 N–H and O–H groups in total. The molecule has 1 fully saturated rings. The molecule has 0 amide bonds. The number of carbonyl (C=O) groups excluding carboxylic acids is 5. The molecule has 3 heterocycles. The number of nitrogens with zero attached hydrogens (tertiary/aromatic N) is 3. The SMILES string of the molecule is COC(=O)[C@@H]1C=CC(O[C@@H]2O[C@H](COC(C)=O)[C@@H](OC(C)=O)[C@H](OC(C)=O)[C@H]2OC(C)=O)n2c(=O)n(-c3ccccc3)c(=O)n21. The first-order valence-corrected chi connectivity index (χ1v) is 13.6. The van der Waals surface area contributed by atoms with Crippen LogP contribution in [0.15, 0.2) is 52.1 Å². The first-order valence-electron chi connectivity index (χ1n) is 13.6. The van der Waals surface area contributed by atoms with Gasteiger partial charge in [0.05, 0.1) is 12.8 Å². The van der Waals surface area contributed by atoms with Crippen LogP contribution in [0.4, 0.5) is 0 Å². The zero-order valence-electron chi connectivity index (χ0n) is 24.8. The van der Waals surface area contributed by atoms with E-state index < -0.39 is 90.8 Å². The predicted octanol–water partition coefficient (Wildman–Crippen LogP) is -0.317. The summed E-state index contributed by atoms with van der Waals surface area (Å²) in [6.45, 7) is 3.79. The monoisotopic (exact) mass is 633 g/mol. The average Bonchev–Trinajstić information content (AvgIpc) is 3.24. The molecule has 2 aliphatic rings. The van der Waals surface area contributed by atoms with Crippen molar-refractivity contribution in [3.05, 3.63) is 63.5 Å². The minimum Gasteiger partial charge on any atom is -0.467 e.